The Morgan fingerprint density at radius 1 is 1.45 bits per heavy atom. The summed E-state index contributed by atoms with van der Waals surface area (Å²) in [5, 5.41) is 0.818. The molecule has 0 saturated heterocycles. The number of hydrogen-bond donors (Lipinski definition) is 1. The topological polar surface area (TPSA) is 38.5 Å². The van der Waals surface area contributed by atoms with E-state index < -0.39 is 0 Å². The molecule has 1 aliphatic carbocycles. The third-order valence-electron chi connectivity index (χ3n) is 4.13. The van der Waals surface area contributed by atoms with Crippen LogP contribution in [0.15, 0.2) is 18.2 Å². The Morgan fingerprint density at radius 2 is 2.20 bits per heavy atom. The molecule has 1 fully saturated rings. The predicted molar refractivity (Wildman–Crippen MR) is 85.6 cm³/mol. The molecule has 1 unspecified atom stereocenters. The van der Waals surface area contributed by atoms with Crippen molar-refractivity contribution < 1.29 is 4.74 Å². The summed E-state index contributed by atoms with van der Waals surface area (Å²) in [5.41, 5.74) is 8.13. The van der Waals surface area contributed by atoms with Crippen LogP contribution < -0.4 is 10.6 Å². The monoisotopic (exact) mass is 296 g/mol. The summed E-state index contributed by atoms with van der Waals surface area (Å²) in [6.45, 7) is 4.55. The predicted octanol–water partition coefficient (Wildman–Crippen LogP) is 3.09. The number of hydrogen-bond acceptors (Lipinski definition) is 3. The van der Waals surface area contributed by atoms with Crippen molar-refractivity contribution in [3.63, 3.8) is 0 Å². The molecule has 0 bridgehead atoms. The van der Waals surface area contributed by atoms with Gasteiger partial charge in [-0.15, -0.1) is 0 Å². The first-order valence-corrected chi connectivity index (χ1v) is 7.79. The van der Waals surface area contributed by atoms with Crippen molar-refractivity contribution in [3.8, 4) is 0 Å². The van der Waals surface area contributed by atoms with Crippen LogP contribution in [0.4, 0.5) is 5.69 Å². The molecule has 0 aliphatic heterocycles. The van der Waals surface area contributed by atoms with Gasteiger partial charge in [0.05, 0.1) is 6.61 Å². The minimum atomic E-state index is 0.528. The Kier molecular flexibility index (Phi) is 5.70. The minimum Gasteiger partial charge on any atom is -0.383 e. The SMILES string of the molecule is COCCN(c1cccc(Cl)c1CCN)C(C)C1CC1. The molecule has 1 atom stereocenters. The smallest absolute Gasteiger partial charge is 0.0637 e. The fourth-order valence-electron chi connectivity index (χ4n) is 2.77. The maximum Gasteiger partial charge on any atom is 0.0637 e. The highest BCUT2D eigenvalue weighted by Gasteiger charge is 2.32. The van der Waals surface area contributed by atoms with Crippen LogP contribution >= 0.6 is 11.6 Å². The average molecular weight is 297 g/mol. The Morgan fingerprint density at radius 3 is 2.80 bits per heavy atom. The zero-order chi connectivity index (χ0) is 14.5. The van der Waals surface area contributed by atoms with Gasteiger partial charge in [0.25, 0.3) is 0 Å². The van der Waals surface area contributed by atoms with E-state index in [4.69, 9.17) is 22.1 Å². The maximum atomic E-state index is 6.37. The molecule has 1 aromatic carbocycles. The molecule has 0 amide bonds. The quantitative estimate of drug-likeness (QED) is 0.801. The highest BCUT2D eigenvalue weighted by Crippen LogP contribution is 2.38. The van der Waals surface area contributed by atoms with Gasteiger partial charge in [-0.3, -0.25) is 0 Å². The average Bonchev–Trinajstić information content (AvgIpc) is 3.27. The lowest BCUT2D eigenvalue weighted by atomic mass is 10.1. The van der Waals surface area contributed by atoms with E-state index >= 15 is 0 Å². The number of rotatable bonds is 8. The molecule has 112 valence electrons. The summed E-state index contributed by atoms with van der Waals surface area (Å²) in [6.07, 6.45) is 3.48. The molecule has 0 spiro atoms. The van der Waals surface area contributed by atoms with Gasteiger partial charge in [-0.2, -0.15) is 0 Å². The van der Waals surface area contributed by atoms with Crippen molar-refractivity contribution in [2.24, 2.45) is 11.7 Å². The summed E-state index contributed by atoms with van der Waals surface area (Å²) in [7, 11) is 1.75. The van der Waals surface area contributed by atoms with Crippen LogP contribution in [-0.4, -0.2) is 32.8 Å². The van der Waals surface area contributed by atoms with E-state index in [1.165, 1.54) is 24.1 Å². The molecule has 2 rings (SSSR count). The molecule has 1 aliphatic rings. The molecule has 2 N–H and O–H groups in total. The number of anilines is 1. The van der Waals surface area contributed by atoms with Gasteiger partial charge in [0.2, 0.25) is 0 Å². The second-order valence-corrected chi connectivity index (χ2v) is 5.95. The summed E-state index contributed by atoms with van der Waals surface area (Å²) in [5.74, 6) is 0.802. The molecular weight excluding hydrogens is 272 g/mol. The molecule has 4 heteroatoms. The van der Waals surface area contributed by atoms with Crippen molar-refractivity contribution in [2.75, 3.05) is 31.7 Å². The molecular formula is C16H25ClN2O. The normalized spacial score (nSPS) is 16.2. The zero-order valence-corrected chi connectivity index (χ0v) is 13.2. The number of benzene rings is 1. The van der Waals surface area contributed by atoms with Crippen LogP contribution in [0.3, 0.4) is 0 Å². The Labute approximate surface area is 127 Å². The van der Waals surface area contributed by atoms with E-state index in [0.29, 0.717) is 12.6 Å². The first kappa shape index (κ1) is 15.6. The summed E-state index contributed by atoms with van der Waals surface area (Å²) in [6, 6.07) is 6.66. The standard InChI is InChI=1S/C16H25ClN2O/c1-12(13-6-7-13)19(10-11-20-2)16-5-3-4-15(17)14(16)8-9-18/h3-5,12-13H,6-11,18H2,1-2H3. The lowest BCUT2D eigenvalue weighted by Crippen LogP contribution is -2.38. The van der Waals surface area contributed by atoms with Crippen molar-refractivity contribution in [1.82, 2.24) is 0 Å². The fourth-order valence-corrected chi connectivity index (χ4v) is 3.04. The fraction of sp³-hybridized carbons (Fsp3) is 0.625. The molecule has 0 aromatic heterocycles. The van der Waals surface area contributed by atoms with Crippen LogP contribution in [-0.2, 0) is 11.2 Å². The Hall–Kier alpha value is -0.770. The molecule has 0 heterocycles. The number of halogens is 1. The van der Waals surface area contributed by atoms with Crippen molar-refractivity contribution in [3.05, 3.63) is 28.8 Å². The number of methoxy groups -OCH3 is 1. The van der Waals surface area contributed by atoms with Gasteiger partial charge in [0.1, 0.15) is 0 Å². The summed E-state index contributed by atoms with van der Waals surface area (Å²) in [4.78, 5) is 2.44. The van der Waals surface area contributed by atoms with Gasteiger partial charge >= 0.3 is 0 Å². The maximum absolute atomic E-state index is 6.37. The van der Waals surface area contributed by atoms with Crippen LogP contribution in [0.5, 0.6) is 0 Å². The second-order valence-electron chi connectivity index (χ2n) is 5.54. The minimum absolute atomic E-state index is 0.528. The lowest BCUT2D eigenvalue weighted by Gasteiger charge is -2.33. The zero-order valence-electron chi connectivity index (χ0n) is 12.4. The Bertz CT molecular complexity index is 434. The third kappa shape index (κ3) is 3.66. The summed E-state index contributed by atoms with van der Waals surface area (Å²) < 4.78 is 5.27. The number of nitrogens with zero attached hydrogens (tertiary/aromatic N) is 1. The molecule has 1 saturated carbocycles. The van der Waals surface area contributed by atoms with E-state index in [1.54, 1.807) is 7.11 Å². The van der Waals surface area contributed by atoms with Crippen LogP contribution in [0.1, 0.15) is 25.3 Å². The highest BCUT2D eigenvalue weighted by molar-refractivity contribution is 6.31. The van der Waals surface area contributed by atoms with Crippen LogP contribution in [0.25, 0.3) is 0 Å². The van der Waals surface area contributed by atoms with E-state index in [9.17, 15) is 0 Å². The highest BCUT2D eigenvalue weighted by atomic mass is 35.5. The van der Waals surface area contributed by atoms with E-state index in [0.717, 1.165) is 30.5 Å². The van der Waals surface area contributed by atoms with Crippen molar-refractivity contribution in [1.29, 1.82) is 0 Å². The lowest BCUT2D eigenvalue weighted by molar-refractivity contribution is 0.202. The van der Waals surface area contributed by atoms with Crippen LogP contribution in [0, 0.1) is 5.92 Å². The van der Waals surface area contributed by atoms with Gasteiger partial charge in [-0.1, -0.05) is 17.7 Å². The second kappa shape index (κ2) is 7.30. The van der Waals surface area contributed by atoms with E-state index in [2.05, 4.69) is 17.9 Å². The first-order valence-electron chi connectivity index (χ1n) is 7.42. The number of nitrogens with two attached hydrogens (primary N) is 1. The van der Waals surface area contributed by atoms with Crippen molar-refractivity contribution in [2.45, 2.75) is 32.2 Å². The molecule has 20 heavy (non-hydrogen) atoms. The van der Waals surface area contributed by atoms with E-state index in [1.807, 2.05) is 12.1 Å². The van der Waals surface area contributed by atoms with Crippen molar-refractivity contribution >= 4 is 17.3 Å². The van der Waals surface area contributed by atoms with E-state index in [-0.39, 0.29) is 0 Å². The molecule has 0 radical (unpaired) electrons. The summed E-state index contributed by atoms with van der Waals surface area (Å²) >= 11 is 6.37. The third-order valence-corrected chi connectivity index (χ3v) is 4.48. The molecule has 3 nitrogen and oxygen atoms in total. The van der Waals surface area contributed by atoms with Gasteiger partial charge in [-0.25, -0.2) is 0 Å². The first-order chi connectivity index (χ1) is 9.69. The Balaban J connectivity index is 2.28. The van der Waals surface area contributed by atoms with Crippen LogP contribution in [0.2, 0.25) is 5.02 Å². The van der Waals surface area contributed by atoms with Gasteiger partial charge < -0.3 is 15.4 Å². The molecule has 1 aromatic rings. The largest absolute Gasteiger partial charge is 0.383 e. The van der Waals surface area contributed by atoms with Gasteiger partial charge in [0, 0.05) is 30.4 Å². The van der Waals surface area contributed by atoms with Gasteiger partial charge in [0.15, 0.2) is 0 Å². The van der Waals surface area contributed by atoms with Gasteiger partial charge in [-0.05, 0) is 56.3 Å². The number of ether oxygens (including phenoxy) is 1.